The maximum Gasteiger partial charge on any atom is 0.256 e. The van der Waals surface area contributed by atoms with Gasteiger partial charge in [-0.25, -0.2) is 8.42 Å². The van der Waals surface area contributed by atoms with Crippen LogP contribution in [0.3, 0.4) is 0 Å². The predicted octanol–water partition coefficient (Wildman–Crippen LogP) is 3.59. The summed E-state index contributed by atoms with van der Waals surface area (Å²) in [5.41, 5.74) is 0.115. The highest BCUT2D eigenvalue weighted by Crippen LogP contribution is 2.30. The minimum atomic E-state index is -3.78. The molecule has 1 aliphatic rings. The molecule has 0 N–H and O–H groups in total. The minimum Gasteiger partial charge on any atom is -0.468 e. The van der Waals surface area contributed by atoms with Crippen LogP contribution in [0.15, 0.2) is 91.0 Å². The number of para-hydroxylation sites is 1. The molecule has 1 saturated heterocycles. The van der Waals surface area contributed by atoms with E-state index in [0.717, 1.165) is 0 Å². The summed E-state index contributed by atoms with van der Waals surface area (Å²) in [6.07, 6.45) is 0. The van der Waals surface area contributed by atoms with Crippen LogP contribution in [0.5, 0.6) is 5.75 Å². The Morgan fingerprint density at radius 2 is 1.31 bits per heavy atom. The highest BCUT2D eigenvalue weighted by molar-refractivity contribution is 7.89. The van der Waals surface area contributed by atoms with Gasteiger partial charge in [0.25, 0.3) is 10.0 Å². The van der Waals surface area contributed by atoms with Gasteiger partial charge in [-0.05, 0) is 12.1 Å². The summed E-state index contributed by atoms with van der Waals surface area (Å²) in [5, 5.41) is 0. The van der Waals surface area contributed by atoms with Crippen molar-refractivity contribution >= 4 is 15.8 Å². The first-order valence-corrected chi connectivity index (χ1v) is 12.1. The van der Waals surface area contributed by atoms with Crippen molar-refractivity contribution in [2.45, 2.75) is 5.44 Å². The number of Topliss-reactive ketones (excluding diaryl/α,β-unsaturated/α-hetero) is 1. The summed E-state index contributed by atoms with van der Waals surface area (Å²) >= 11 is 0. The molecule has 0 saturated carbocycles. The number of piperazine rings is 1. The third-order valence-electron chi connectivity index (χ3n) is 5.48. The Kier molecular flexibility index (Phi) is 6.99. The quantitative estimate of drug-likeness (QED) is 0.491. The van der Waals surface area contributed by atoms with Crippen molar-refractivity contribution in [2.24, 2.45) is 0 Å². The summed E-state index contributed by atoms with van der Waals surface area (Å²) in [6, 6.07) is 27.1. The van der Waals surface area contributed by atoms with Gasteiger partial charge in [0.1, 0.15) is 5.75 Å². The number of ketones is 1. The molecule has 0 spiro atoms. The Labute approximate surface area is 189 Å². The molecule has 1 unspecified atom stereocenters. The number of hydrogen-bond donors (Lipinski definition) is 0. The summed E-state index contributed by atoms with van der Waals surface area (Å²) in [6.45, 7) is 1.88. The van der Waals surface area contributed by atoms with Gasteiger partial charge >= 0.3 is 0 Å². The molecule has 7 heteroatoms. The first kappa shape index (κ1) is 22.2. The maximum absolute atomic E-state index is 13.6. The van der Waals surface area contributed by atoms with Crippen LogP contribution >= 0.6 is 0 Å². The van der Waals surface area contributed by atoms with Gasteiger partial charge in [-0.2, -0.15) is 4.31 Å². The lowest BCUT2D eigenvalue weighted by atomic mass is 10.1. The number of benzene rings is 3. The fraction of sp³-hybridized carbons (Fsp3) is 0.240. The van der Waals surface area contributed by atoms with Gasteiger partial charge in [0.15, 0.2) is 5.78 Å². The first-order valence-electron chi connectivity index (χ1n) is 10.6. The largest absolute Gasteiger partial charge is 0.468 e. The zero-order valence-corrected chi connectivity index (χ0v) is 18.5. The summed E-state index contributed by atoms with van der Waals surface area (Å²) < 4.78 is 34.6. The highest BCUT2D eigenvalue weighted by atomic mass is 32.2. The molecule has 1 fully saturated rings. The van der Waals surface area contributed by atoms with Gasteiger partial charge in [0, 0.05) is 37.3 Å². The Hall–Kier alpha value is -3.00. The van der Waals surface area contributed by atoms with Crippen molar-refractivity contribution < 1.29 is 17.9 Å². The molecular weight excluding hydrogens is 424 g/mol. The molecule has 1 atom stereocenters. The number of carbonyl (C=O) groups excluding carboxylic acids is 1. The number of carbonyl (C=O) groups is 1. The number of ether oxygens (including phenoxy) is 1. The van der Waals surface area contributed by atoms with Crippen LogP contribution in [0.2, 0.25) is 0 Å². The van der Waals surface area contributed by atoms with E-state index >= 15 is 0 Å². The van der Waals surface area contributed by atoms with E-state index in [1.807, 2.05) is 47.4 Å². The molecule has 0 aromatic heterocycles. The molecular formula is C25H26N2O4S. The molecule has 3 aromatic rings. The molecule has 3 aromatic carbocycles. The average Bonchev–Trinajstić information content (AvgIpc) is 2.84. The Morgan fingerprint density at radius 3 is 1.91 bits per heavy atom. The third kappa shape index (κ3) is 5.24. The van der Waals surface area contributed by atoms with Crippen molar-refractivity contribution in [3.8, 4) is 5.75 Å². The van der Waals surface area contributed by atoms with Gasteiger partial charge in [-0.3, -0.25) is 9.69 Å². The van der Waals surface area contributed by atoms with E-state index in [2.05, 4.69) is 0 Å². The zero-order valence-electron chi connectivity index (χ0n) is 17.7. The van der Waals surface area contributed by atoms with Crippen LogP contribution < -0.4 is 4.74 Å². The van der Waals surface area contributed by atoms with E-state index < -0.39 is 15.5 Å². The van der Waals surface area contributed by atoms with Gasteiger partial charge in [-0.15, -0.1) is 0 Å². The number of nitrogens with zero attached hydrogens (tertiary/aromatic N) is 2. The minimum absolute atomic E-state index is 0.0384. The summed E-state index contributed by atoms with van der Waals surface area (Å²) in [5.74, 6) is 0.536. The lowest BCUT2D eigenvalue weighted by Gasteiger charge is -2.35. The Balaban J connectivity index is 1.46. The van der Waals surface area contributed by atoms with E-state index in [-0.39, 0.29) is 12.3 Å². The topological polar surface area (TPSA) is 66.9 Å². The summed E-state index contributed by atoms with van der Waals surface area (Å²) in [7, 11) is -3.78. The monoisotopic (exact) mass is 450 g/mol. The second-order valence-corrected chi connectivity index (χ2v) is 9.66. The lowest BCUT2D eigenvalue weighted by molar-refractivity contribution is 0.0899. The molecule has 0 aliphatic carbocycles. The van der Waals surface area contributed by atoms with Gasteiger partial charge in [0.2, 0.25) is 5.44 Å². The molecule has 1 heterocycles. The van der Waals surface area contributed by atoms with Gasteiger partial charge in [-0.1, -0.05) is 78.9 Å². The van der Waals surface area contributed by atoms with Crippen LogP contribution in [-0.4, -0.2) is 56.1 Å². The van der Waals surface area contributed by atoms with Crippen LogP contribution in [0, 0.1) is 0 Å². The van der Waals surface area contributed by atoms with E-state index in [1.165, 1.54) is 4.31 Å². The molecule has 1 aliphatic heterocycles. The highest BCUT2D eigenvalue weighted by Gasteiger charge is 2.37. The van der Waals surface area contributed by atoms with Gasteiger partial charge in [0.05, 0.1) is 6.54 Å². The molecule has 32 heavy (non-hydrogen) atoms. The number of hydrogen-bond acceptors (Lipinski definition) is 5. The molecule has 0 amide bonds. The van der Waals surface area contributed by atoms with Crippen LogP contribution in [-0.2, 0) is 10.0 Å². The molecule has 0 radical (unpaired) electrons. The smallest absolute Gasteiger partial charge is 0.256 e. The fourth-order valence-electron chi connectivity index (χ4n) is 3.73. The van der Waals surface area contributed by atoms with E-state index in [4.69, 9.17) is 4.74 Å². The van der Waals surface area contributed by atoms with Crippen molar-refractivity contribution in [3.05, 3.63) is 102 Å². The zero-order chi connectivity index (χ0) is 22.4. The SMILES string of the molecule is O=C(CN1CCN(S(=O)(=O)C(Oc2ccccc2)c2ccccc2)CC1)c1ccccc1. The van der Waals surface area contributed by atoms with Crippen LogP contribution in [0.1, 0.15) is 21.4 Å². The first-order chi connectivity index (χ1) is 15.5. The second-order valence-electron chi connectivity index (χ2n) is 7.68. The van der Waals surface area contributed by atoms with Crippen molar-refractivity contribution in [2.75, 3.05) is 32.7 Å². The second kappa shape index (κ2) is 10.1. The molecule has 0 bridgehead atoms. The van der Waals surface area contributed by atoms with Crippen molar-refractivity contribution in [1.82, 2.24) is 9.21 Å². The van der Waals surface area contributed by atoms with Crippen LogP contribution in [0.4, 0.5) is 0 Å². The standard InChI is InChI=1S/C25H26N2O4S/c28-24(21-10-4-1-5-11-21)20-26-16-18-27(19-17-26)32(29,30)25(22-12-6-2-7-13-22)31-23-14-8-3-9-15-23/h1-15,25H,16-20H2. The van der Waals surface area contributed by atoms with Gasteiger partial charge < -0.3 is 4.74 Å². The van der Waals surface area contributed by atoms with Crippen molar-refractivity contribution in [3.63, 3.8) is 0 Å². The summed E-state index contributed by atoms with van der Waals surface area (Å²) in [4.78, 5) is 14.5. The third-order valence-corrected chi connectivity index (χ3v) is 7.48. The normalized spacial score (nSPS) is 16.4. The number of sulfonamides is 1. The van der Waals surface area contributed by atoms with E-state index in [0.29, 0.717) is 43.1 Å². The van der Waals surface area contributed by atoms with E-state index in [1.54, 1.807) is 48.5 Å². The molecule has 4 rings (SSSR count). The molecule has 6 nitrogen and oxygen atoms in total. The Morgan fingerprint density at radius 1 is 0.781 bits per heavy atom. The predicted molar refractivity (Wildman–Crippen MR) is 124 cm³/mol. The fourth-order valence-corrected chi connectivity index (χ4v) is 5.41. The molecule has 166 valence electrons. The van der Waals surface area contributed by atoms with Crippen molar-refractivity contribution in [1.29, 1.82) is 0 Å². The van der Waals surface area contributed by atoms with E-state index in [9.17, 15) is 13.2 Å². The maximum atomic E-state index is 13.6. The Bertz CT molecular complexity index is 1110. The average molecular weight is 451 g/mol. The lowest BCUT2D eigenvalue weighted by Crippen LogP contribution is -2.51. The van der Waals surface area contributed by atoms with Crippen LogP contribution in [0.25, 0.3) is 0 Å². The number of rotatable bonds is 8.